The number of aromatic nitrogens is 4. The van der Waals surface area contributed by atoms with Crippen LogP contribution in [0, 0.1) is 6.92 Å². The van der Waals surface area contributed by atoms with E-state index in [1.165, 1.54) is 0 Å². The van der Waals surface area contributed by atoms with Crippen LogP contribution in [-0.2, 0) is 12.3 Å². The van der Waals surface area contributed by atoms with Gasteiger partial charge in [0.1, 0.15) is 10.8 Å². The molecular weight excluding hydrogens is 495 g/mol. The van der Waals surface area contributed by atoms with Gasteiger partial charge >= 0.3 is 0 Å². The van der Waals surface area contributed by atoms with Crippen LogP contribution >= 0.6 is 46.3 Å². The van der Waals surface area contributed by atoms with E-state index in [-0.39, 0.29) is 6.10 Å². The number of hydrogen-bond donors (Lipinski definition) is 0. The van der Waals surface area contributed by atoms with Gasteiger partial charge in [0.15, 0.2) is 17.1 Å². The second kappa shape index (κ2) is 10.7. The molecule has 4 rings (SSSR count). The Morgan fingerprint density at radius 2 is 2.00 bits per heavy atom. The maximum absolute atomic E-state index is 6.32. The highest BCUT2D eigenvalue weighted by molar-refractivity contribution is 7.98. The summed E-state index contributed by atoms with van der Waals surface area (Å²) in [6, 6.07) is 13.3. The predicted octanol–water partition coefficient (Wildman–Crippen LogP) is 7.64. The van der Waals surface area contributed by atoms with Crippen molar-refractivity contribution in [1.82, 2.24) is 19.7 Å². The number of allylic oxidation sites excluding steroid dienone is 1. The number of thiazole rings is 1. The molecule has 0 radical (unpaired) electrons. The first-order chi connectivity index (χ1) is 16.0. The highest BCUT2D eigenvalue weighted by Gasteiger charge is 2.20. The molecule has 33 heavy (non-hydrogen) atoms. The monoisotopic (exact) mass is 516 g/mol. The van der Waals surface area contributed by atoms with E-state index in [0.717, 1.165) is 38.6 Å². The molecule has 5 nitrogen and oxygen atoms in total. The third kappa shape index (κ3) is 5.61. The van der Waals surface area contributed by atoms with Crippen LogP contribution in [-0.4, -0.2) is 19.7 Å². The minimum atomic E-state index is -0.293. The van der Waals surface area contributed by atoms with E-state index in [4.69, 9.17) is 32.9 Å². The van der Waals surface area contributed by atoms with Crippen molar-refractivity contribution in [3.8, 4) is 16.3 Å². The zero-order chi connectivity index (χ0) is 23.4. The van der Waals surface area contributed by atoms with Crippen molar-refractivity contribution in [2.75, 3.05) is 0 Å². The van der Waals surface area contributed by atoms with Crippen molar-refractivity contribution in [1.29, 1.82) is 0 Å². The molecule has 0 saturated carbocycles. The molecule has 170 valence electrons. The molecule has 9 heteroatoms. The first-order valence-electron chi connectivity index (χ1n) is 10.2. The Balaban J connectivity index is 1.48. The van der Waals surface area contributed by atoms with Crippen LogP contribution in [0.15, 0.2) is 65.7 Å². The Labute approximate surface area is 211 Å². The third-order valence-corrected chi connectivity index (χ3v) is 7.55. The highest BCUT2D eigenvalue weighted by Crippen LogP contribution is 2.32. The van der Waals surface area contributed by atoms with E-state index in [1.54, 1.807) is 23.1 Å². The minimum Gasteiger partial charge on any atom is -0.483 e. The normalized spacial score (nSPS) is 12.0. The van der Waals surface area contributed by atoms with Crippen molar-refractivity contribution in [3.63, 3.8) is 0 Å². The molecule has 1 atom stereocenters. The smallest absolute Gasteiger partial charge is 0.192 e. The van der Waals surface area contributed by atoms with Gasteiger partial charge in [-0.15, -0.1) is 28.1 Å². The summed E-state index contributed by atoms with van der Waals surface area (Å²) in [5.41, 5.74) is 2.88. The lowest BCUT2D eigenvalue weighted by atomic mass is 10.2. The number of thioether (sulfide) groups is 1. The van der Waals surface area contributed by atoms with Crippen LogP contribution < -0.4 is 4.74 Å². The zero-order valence-corrected chi connectivity index (χ0v) is 21.3. The maximum Gasteiger partial charge on any atom is 0.192 e. The lowest BCUT2D eigenvalue weighted by Crippen LogP contribution is -2.12. The molecule has 0 bridgehead atoms. The van der Waals surface area contributed by atoms with E-state index in [0.29, 0.717) is 22.3 Å². The summed E-state index contributed by atoms with van der Waals surface area (Å²) in [5.74, 6) is 2.14. The number of nitrogens with zero attached hydrogens (tertiary/aromatic N) is 4. The van der Waals surface area contributed by atoms with Gasteiger partial charge in [0.25, 0.3) is 0 Å². The van der Waals surface area contributed by atoms with Crippen molar-refractivity contribution >= 4 is 46.3 Å². The number of ether oxygens (including phenoxy) is 1. The molecular formula is C24H22Cl2N4OS2. The molecule has 0 N–H and O–H groups in total. The second-order valence-electron chi connectivity index (χ2n) is 7.32. The number of hydrogen-bond acceptors (Lipinski definition) is 6. The average Bonchev–Trinajstić information content (AvgIpc) is 3.43. The van der Waals surface area contributed by atoms with Gasteiger partial charge in [0, 0.05) is 28.3 Å². The van der Waals surface area contributed by atoms with Crippen molar-refractivity contribution in [3.05, 3.63) is 87.6 Å². The lowest BCUT2D eigenvalue weighted by molar-refractivity contribution is 0.210. The minimum absolute atomic E-state index is 0.293. The maximum atomic E-state index is 6.32. The first kappa shape index (κ1) is 23.8. The predicted molar refractivity (Wildman–Crippen MR) is 138 cm³/mol. The van der Waals surface area contributed by atoms with E-state index in [9.17, 15) is 0 Å². The van der Waals surface area contributed by atoms with E-state index < -0.39 is 0 Å². The van der Waals surface area contributed by atoms with Crippen LogP contribution in [0.5, 0.6) is 5.75 Å². The fraction of sp³-hybridized carbons (Fsp3) is 0.208. The molecule has 0 aliphatic rings. The number of aryl methyl sites for hydroxylation is 1. The summed E-state index contributed by atoms with van der Waals surface area (Å²) in [4.78, 5) is 4.75. The topological polar surface area (TPSA) is 52.8 Å². The largest absolute Gasteiger partial charge is 0.483 e. The first-order valence-corrected chi connectivity index (χ1v) is 12.9. The molecule has 0 aliphatic carbocycles. The molecule has 0 saturated heterocycles. The highest BCUT2D eigenvalue weighted by atomic mass is 35.5. The van der Waals surface area contributed by atoms with Crippen LogP contribution in [0.4, 0.5) is 0 Å². The summed E-state index contributed by atoms with van der Waals surface area (Å²) in [5, 5.41) is 14.0. The molecule has 0 fully saturated rings. The summed E-state index contributed by atoms with van der Waals surface area (Å²) < 4.78 is 8.13. The molecule has 4 aromatic rings. The molecule has 2 heterocycles. The van der Waals surface area contributed by atoms with Crippen molar-refractivity contribution in [2.24, 2.45) is 0 Å². The second-order valence-corrected chi connectivity index (χ2v) is 9.94. The number of rotatable bonds is 9. The van der Waals surface area contributed by atoms with Gasteiger partial charge in [0.2, 0.25) is 0 Å². The fourth-order valence-electron chi connectivity index (χ4n) is 3.23. The Hall–Kier alpha value is -2.32. The van der Waals surface area contributed by atoms with Crippen LogP contribution in [0.3, 0.4) is 0 Å². The van der Waals surface area contributed by atoms with Crippen LogP contribution in [0.25, 0.3) is 10.6 Å². The molecule has 2 aromatic carbocycles. The van der Waals surface area contributed by atoms with E-state index in [1.807, 2.05) is 67.0 Å². The summed E-state index contributed by atoms with van der Waals surface area (Å²) in [7, 11) is 0. The quantitative estimate of drug-likeness (QED) is 0.169. The van der Waals surface area contributed by atoms with Crippen LogP contribution in [0.1, 0.15) is 30.1 Å². The van der Waals surface area contributed by atoms with Gasteiger partial charge in [-0.25, -0.2) is 4.98 Å². The molecule has 2 aromatic heterocycles. The summed E-state index contributed by atoms with van der Waals surface area (Å²) >= 11 is 15.6. The Morgan fingerprint density at radius 3 is 2.76 bits per heavy atom. The van der Waals surface area contributed by atoms with Gasteiger partial charge in [-0.2, -0.15) is 0 Å². The Bertz CT molecular complexity index is 1270. The van der Waals surface area contributed by atoms with E-state index in [2.05, 4.69) is 22.2 Å². The van der Waals surface area contributed by atoms with Crippen molar-refractivity contribution in [2.45, 2.75) is 37.4 Å². The molecule has 0 amide bonds. The SMILES string of the molecule is C=CCn1c(SCc2csc(-c3ccccc3Cl)n2)nnc1C(C)Oc1ccc(Cl)c(C)c1. The number of halogens is 2. The third-order valence-electron chi connectivity index (χ3n) is 4.87. The van der Waals surface area contributed by atoms with Gasteiger partial charge in [-0.1, -0.05) is 59.2 Å². The Morgan fingerprint density at radius 1 is 1.18 bits per heavy atom. The molecule has 0 aliphatic heterocycles. The summed E-state index contributed by atoms with van der Waals surface area (Å²) in [6.45, 7) is 8.37. The van der Waals surface area contributed by atoms with Crippen molar-refractivity contribution < 1.29 is 4.74 Å². The lowest BCUT2D eigenvalue weighted by Gasteiger charge is -2.16. The standard InChI is InChI=1S/C24H22Cl2N4OS2/c1-4-11-30-22(16(3)31-18-9-10-20(25)15(2)12-18)28-29-24(30)33-14-17-13-32-23(27-17)19-7-5-6-8-21(19)26/h4-10,12-13,16H,1,11,14H2,2-3H3. The van der Waals surface area contributed by atoms with Gasteiger partial charge < -0.3 is 4.74 Å². The van der Waals surface area contributed by atoms with E-state index >= 15 is 0 Å². The Kier molecular flexibility index (Phi) is 7.75. The zero-order valence-electron chi connectivity index (χ0n) is 18.2. The number of benzene rings is 2. The van der Waals surface area contributed by atoms with Gasteiger partial charge in [-0.05, 0) is 43.7 Å². The fourth-order valence-corrected chi connectivity index (χ4v) is 5.44. The van der Waals surface area contributed by atoms with Gasteiger partial charge in [-0.3, -0.25) is 4.57 Å². The average molecular weight is 518 g/mol. The van der Waals surface area contributed by atoms with Crippen LogP contribution in [0.2, 0.25) is 10.0 Å². The molecule has 1 unspecified atom stereocenters. The van der Waals surface area contributed by atoms with Gasteiger partial charge in [0.05, 0.1) is 10.7 Å². The molecule has 0 spiro atoms. The summed E-state index contributed by atoms with van der Waals surface area (Å²) in [6.07, 6.45) is 1.53.